The number of rotatable bonds is 3. The van der Waals surface area contributed by atoms with E-state index in [9.17, 15) is 4.39 Å². The van der Waals surface area contributed by atoms with Gasteiger partial charge in [-0.3, -0.25) is 0 Å². The van der Waals surface area contributed by atoms with Crippen molar-refractivity contribution in [3.63, 3.8) is 0 Å². The fourth-order valence-electron chi connectivity index (χ4n) is 2.40. The van der Waals surface area contributed by atoms with Crippen molar-refractivity contribution in [2.24, 2.45) is 0 Å². The third-order valence-corrected chi connectivity index (χ3v) is 4.68. The van der Waals surface area contributed by atoms with Crippen LogP contribution in [0.25, 0.3) is 21.6 Å². The smallest absolute Gasteiger partial charge is 0.172 e. The number of benzene rings is 2. The summed E-state index contributed by atoms with van der Waals surface area (Å²) >= 11 is 7.45. The van der Waals surface area contributed by atoms with E-state index in [1.54, 1.807) is 23.5 Å². The Bertz CT molecular complexity index is 1020. The third kappa shape index (κ3) is 2.84. The first-order valence-electron chi connectivity index (χ1n) is 7.23. The summed E-state index contributed by atoms with van der Waals surface area (Å²) in [5.74, 6) is 0.861. The molecule has 3 nitrogen and oxygen atoms in total. The Morgan fingerprint density at radius 2 is 1.88 bits per heavy atom. The second-order valence-electron chi connectivity index (χ2n) is 5.14. The highest BCUT2D eigenvalue weighted by Gasteiger charge is 2.11. The largest absolute Gasteiger partial charge is 0.340 e. The Kier molecular flexibility index (Phi) is 3.88. The van der Waals surface area contributed by atoms with Gasteiger partial charge in [-0.15, -0.1) is 11.3 Å². The number of anilines is 2. The van der Waals surface area contributed by atoms with E-state index in [-0.39, 0.29) is 5.02 Å². The summed E-state index contributed by atoms with van der Waals surface area (Å²) in [5, 5.41) is 6.16. The standard InChI is InChI=1S/C18H11ClFN3S/c19-13-10-11(7-8-14(13)20)21-17-12-4-1-2-5-15(12)22-18(23-17)16-6-3-9-24-16/h1-10H,(H,21,22,23). The molecular weight excluding hydrogens is 345 g/mol. The fraction of sp³-hybridized carbons (Fsp3) is 0. The maximum absolute atomic E-state index is 13.4. The van der Waals surface area contributed by atoms with E-state index in [0.29, 0.717) is 17.3 Å². The van der Waals surface area contributed by atoms with Crippen molar-refractivity contribution >= 4 is 45.3 Å². The zero-order chi connectivity index (χ0) is 16.5. The summed E-state index contributed by atoms with van der Waals surface area (Å²) in [4.78, 5) is 10.3. The Morgan fingerprint density at radius 3 is 2.67 bits per heavy atom. The van der Waals surface area contributed by atoms with Crippen molar-refractivity contribution in [2.75, 3.05) is 5.32 Å². The lowest BCUT2D eigenvalue weighted by Crippen LogP contribution is -1.99. The van der Waals surface area contributed by atoms with Crippen LogP contribution in [0.4, 0.5) is 15.9 Å². The predicted molar refractivity (Wildman–Crippen MR) is 97.5 cm³/mol. The number of fused-ring (bicyclic) bond motifs is 1. The van der Waals surface area contributed by atoms with E-state index in [1.807, 2.05) is 41.8 Å². The Labute approximate surface area is 146 Å². The lowest BCUT2D eigenvalue weighted by atomic mass is 10.2. The van der Waals surface area contributed by atoms with E-state index < -0.39 is 5.82 Å². The minimum Gasteiger partial charge on any atom is -0.340 e. The lowest BCUT2D eigenvalue weighted by Gasteiger charge is -2.11. The first kappa shape index (κ1) is 15.1. The zero-order valence-corrected chi connectivity index (χ0v) is 13.9. The molecule has 0 aliphatic heterocycles. The minimum absolute atomic E-state index is 0.0665. The van der Waals surface area contributed by atoms with Crippen LogP contribution in [-0.2, 0) is 0 Å². The van der Waals surface area contributed by atoms with Gasteiger partial charge in [0.05, 0.1) is 15.4 Å². The SMILES string of the molecule is Fc1ccc(Nc2nc(-c3cccs3)nc3ccccc23)cc1Cl. The summed E-state index contributed by atoms with van der Waals surface area (Å²) in [6.45, 7) is 0. The lowest BCUT2D eigenvalue weighted by molar-refractivity contribution is 0.628. The van der Waals surface area contributed by atoms with Crippen molar-refractivity contribution in [2.45, 2.75) is 0 Å². The van der Waals surface area contributed by atoms with Crippen LogP contribution in [-0.4, -0.2) is 9.97 Å². The number of aromatic nitrogens is 2. The molecule has 0 radical (unpaired) electrons. The van der Waals surface area contributed by atoms with Crippen LogP contribution in [0.3, 0.4) is 0 Å². The van der Waals surface area contributed by atoms with Crippen LogP contribution in [0.1, 0.15) is 0 Å². The van der Waals surface area contributed by atoms with Crippen molar-refractivity contribution in [3.8, 4) is 10.7 Å². The molecule has 118 valence electrons. The predicted octanol–water partition coefficient (Wildman–Crippen LogP) is 5.89. The molecule has 2 aromatic carbocycles. The summed E-state index contributed by atoms with van der Waals surface area (Å²) in [5.41, 5.74) is 1.51. The minimum atomic E-state index is -0.450. The molecule has 2 heterocycles. The monoisotopic (exact) mass is 355 g/mol. The molecule has 0 fully saturated rings. The van der Waals surface area contributed by atoms with E-state index in [4.69, 9.17) is 11.6 Å². The molecule has 1 N–H and O–H groups in total. The van der Waals surface area contributed by atoms with Gasteiger partial charge in [0, 0.05) is 11.1 Å². The summed E-state index contributed by atoms with van der Waals surface area (Å²) in [7, 11) is 0. The number of hydrogen-bond donors (Lipinski definition) is 1. The maximum atomic E-state index is 13.4. The molecule has 4 rings (SSSR count). The number of thiophene rings is 1. The van der Waals surface area contributed by atoms with Crippen LogP contribution in [0, 0.1) is 5.82 Å². The molecule has 2 aromatic heterocycles. The molecular formula is C18H11ClFN3S. The van der Waals surface area contributed by atoms with Gasteiger partial charge in [0.2, 0.25) is 0 Å². The number of halogens is 2. The summed E-state index contributed by atoms with van der Waals surface area (Å²) in [6.07, 6.45) is 0. The molecule has 0 aliphatic rings. The van der Waals surface area contributed by atoms with Gasteiger partial charge in [0.25, 0.3) is 0 Å². The van der Waals surface area contributed by atoms with E-state index in [1.165, 1.54) is 6.07 Å². The number of nitrogens with one attached hydrogen (secondary N) is 1. The molecule has 0 bridgehead atoms. The van der Waals surface area contributed by atoms with Gasteiger partial charge < -0.3 is 5.32 Å². The van der Waals surface area contributed by atoms with Crippen LogP contribution in [0.5, 0.6) is 0 Å². The Morgan fingerprint density at radius 1 is 1.00 bits per heavy atom. The van der Waals surface area contributed by atoms with Gasteiger partial charge >= 0.3 is 0 Å². The third-order valence-electron chi connectivity index (χ3n) is 3.53. The molecule has 0 spiro atoms. The van der Waals surface area contributed by atoms with Crippen LogP contribution in [0.15, 0.2) is 60.0 Å². The van der Waals surface area contributed by atoms with Crippen molar-refractivity contribution in [3.05, 3.63) is 70.8 Å². The first-order chi connectivity index (χ1) is 11.7. The number of nitrogens with zero attached hydrogens (tertiary/aromatic N) is 2. The molecule has 0 unspecified atom stereocenters. The van der Waals surface area contributed by atoms with E-state index >= 15 is 0 Å². The van der Waals surface area contributed by atoms with Gasteiger partial charge in [-0.05, 0) is 41.8 Å². The molecule has 0 saturated carbocycles. The molecule has 4 aromatic rings. The average molecular weight is 356 g/mol. The van der Waals surface area contributed by atoms with Crippen molar-refractivity contribution in [1.29, 1.82) is 0 Å². The van der Waals surface area contributed by atoms with Crippen molar-refractivity contribution < 1.29 is 4.39 Å². The van der Waals surface area contributed by atoms with Gasteiger partial charge in [-0.2, -0.15) is 0 Å². The molecule has 6 heteroatoms. The molecule has 0 atom stereocenters. The van der Waals surface area contributed by atoms with Crippen LogP contribution < -0.4 is 5.32 Å². The zero-order valence-electron chi connectivity index (χ0n) is 12.3. The molecule has 24 heavy (non-hydrogen) atoms. The van der Waals surface area contributed by atoms with Gasteiger partial charge in [-0.25, -0.2) is 14.4 Å². The number of hydrogen-bond acceptors (Lipinski definition) is 4. The highest BCUT2D eigenvalue weighted by atomic mass is 35.5. The topological polar surface area (TPSA) is 37.8 Å². The fourth-order valence-corrected chi connectivity index (χ4v) is 3.24. The van der Waals surface area contributed by atoms with Crippen LogP contribution >= 0.6 is 22.9 Å². The molecule has 0 aliphatic carbocycles. The maximum Gasteiger partial charge on any atom is 0.172 e. The normalized spacial score (nSPS) is 10.9. The number of para-hydroxylation sites is 1. The second-order valence-corrected chi connectivity index (χ2v) is 6.50. The van der Waals surface area contributed by atoms with Gasteiger partial charge in [-0.1, -0.05) is 29.8 Å². The van der Waals surface area contributed by atoms with Gasteiger partial charge in [0.15, 0.2) is 5.82 Å². The Balaban J connectivity index is 1.85. The van der Waals surface area contributed by atoms with Gasteiger partial charge in [0.1, 0.15) is 11.6 Å². The van der Waals surface area contributed by atoms with Crippen LogP contribution in [0.2, 0.25) is 5.02 Å². The highest BCUT2D eigenvalue weighted by molar-refractivity contribution is 7.13. The molecule has 0 saturated heterocycles. The molecule has 0 amide bonds. The van der Waals surface area contributed by atoms with E-state index in [0.717, 1.165) is 15.8 Å². The van der Waals surface area contributed by atoms with E-state index in [2.05, 4.69) is 15.3 Å². The highest BCUT2D eigenvalue weighted by Crippen LogP contribution is 2.30. The summed E-state index contributed by atoms with van der Waals surface area (Å²) in [6, 6.07) is 16.2. The first-order valence-corrected chi connectivity index (χ1v) is 8.49. The quantitative estimate of drug-likeness (QED) is 0.497. The second kappa shape index (κ2) is 6.19. The van der Waals surface area contributed by atoms with Crippen molar-refractivity contribution in [1.82, 2.24) is 9.97 Å². The average Bonchev–Trinajstić information content (AvgIpc) is 3.13. The summed E-state index contributed by atoms with van der Waals surface area (Å²) < 4.78 is 13.4. The Hall–Kier alpha value is -2.50.